The summed E-state index contributed by atoms with van der Waals surface area (Å²) < 4.78 is 40.7. The molecule has 0 saturated carbocycles. The van der Waals surface area contributed by atoms with Crippen LogP contribution in [0.4, 0.5) is 13.2 Å². The third-order valence-electron chi connectivity index (χ3n) is 3.21. The molecule has 0 aliphatic carbocycles. The van der Waals surface area contributed by atoms with Crippen LogP contribution in [0.1, 0.15) is 21.6 Å². The molecule has 0 aliphatic heterocycles. The number of hydrogen-bond donors (Lipinski definition) is 0. The SMILES string of the molecule is CN(C)C(=O)c1c(C(F)(F)F)nn(C)c1SCc1ccccc1Cl. The maximum atomic E-state index is 13.2. The molecule has 9 heteroatoms. The number of carbonyl (C=O) groups excluding carboxylic acids is 1. The number of thioether (sulfide) groups is 1. The Bertz CT molecular complexity index is 759. The predicted molar refractivity (Wildman–Crippen MR) is 87.2 cm³/mol. The first-order chi connectivity index (χ1) is 11.1. The van der Waals surface area contributed by atoms with Crippen molar-refractivity contribution in [1.82, 2.24) is 14.7 Å². The monoisotopic (exact) mass is 377 g/mol. The van der Waals surface area contributed by atoms with Crippen molar-refractivity contribution in [1.29, 1.82) is 0 Å². The van der Waals surface area contributed by atoms with Crippen molar-refractivity contribution in [2.24, 2.45) is 7.05 Å². The first-order valence-electron chi connectivity index (χ1n) is 6.85. The third-order valence-corrected chi connectivity index (χ3v) is 4.77. The van der Waals surface area contributed by atoms with E-state index >= 15 is 0 Å². The van der Waals surface area contributed by atoms with Crippen molar-refractivity contribution in [3.8, 4) is 0 Å². The molecule has 1 aromatic carbocycles. The summed E-state index contributed by atoms with van der Waals surface area (Å²) in [5.41, 5.74) is -0.848. The molecule has 0 radical (unpaired) electrons. The minimum atomic E-state index is -4.71. The summed E-state index contributed by atoms with van der Waals surface area (Å²) in [5.74, 6) is -0.415. The van der Waals surface area contributed by atoms with Crippen molar-refractivity contribution in [3.05, 3.63) is 46.1 Å². The highest BCUT2D eigenvalue weighted by molar-refractivity contribution is 7.98. The molecule has 130 valence electrons. The molecule has 24 heavy (non-hydrogen) atoms. The van der Waals surface area contributed by atoms with Gasteiger partial charge in [0.25, 0.3) is 5.91 Å². The summed E-state index contributed by atoms with van der Waals surface area (Å²) in [6.07, 6.45) is -4.71. The Hall–Kier alpha value is -1.67. The molecule has 0 N–H and O–H groups in total. The molecule has 1 aromatic heterocycles. The molecule has 0 bridgehead atoms. The van der Waals surface area contributed by atoms with E-state index in [-0.39, 0.29) is 5.03 Å². The number of carbonyl (C=O) groups is 1. The summed E-state index contributed by atoms with van der Waals surface area (Å²) in [4.78, 5) is 13.4. The zero-order chi connectivity index (χ0) is 18.1. The maximum absolute atomic E-state index is 13.2. The van der Waals surface area contributed by atoms with Gasteiger partial charge in [0, 0.05) is 31.9 Å². The zero-order valence-electron chi connectivity index (χ0n) is 13.2. The van der Waals surface area contributed by atoms with Gasteiger partial charge in [-0.1, -0.05) is 29.8 Å². The van der Waals surface area contributed by atoms with Crippen LogP contribution in [0.5, 0.6) is 0 Å². The highest BCUT2D eigenvalue weighted by Gasteiger charge is 2.41. The molecule has 0 spiro atoms. The zero-order valence-corrected chi connectivity index (χ0v) is 14.8. The van der Waals surface area contributed by atoms with Gasteiger partial charge in [0.1, 0.15) is 10.6 Å². The molecular weight excluding hydrogens is 363 g/mol. The van der Waals surface area contributed by atoms with Crippen molar-refractivity contribution >= 4 is 29.3 Å². The largest absolute Gasteiger partial charge is 0.436 e. The molecular formula is C15H15ClF3N3OS. The van der Waals surface area contributed by atoms with Gasteiger partial charge in [-0.2, -0.15) is 18.3 Å². The number of halogens is 4. The van der Waals surface area contributed by atoms with Crippen molar-refractivity contribution < 1.29 is 18.0 Å². The topological polar surface area (TPSA) is 38.1 Å². The standard InChI is InChI=1S/C15H15ClF3N3OS/c1-21(2)13(23)11-12(15(17,18)19)20-22(3)14(11)24-8-9-6-4-5-7-10(9)16/h4-7H,8H2,1-3H3. The van der Waals surface area contributed by atoms with E-state index in [1.165, 1.54) is 21.1 Å². The Balaban J connectivity index is 2.44. The number of aryl methyl sites for hydroxylation is 1. The molecule has 0 unspecified atom stereocenters. The second-order valence-corrected chi connectivity index (χ2v) is 6.60. The number of alkyl halides is 3. The summed E-state index contributed by atoms with van der Waals surface area (Å²) in [5, 5.41) is 4.18. The van der Waals surface area contributed by atoms with E-state index in [4.69, 9.17) is 11.6 Å². The average molecular weight is 378 g/mol. The van der Waals surface area contributed by atoms with Gasteiger partial charge in [-0.25, -0.2) is 0 Å². The van der Waals surface area contributed by atoms with E-state index in [0.29, 0.717) is 10.8 Å². The van der Waals surface area contributed by atoms with Gasteiger partial charge in [-0.05, 0) is 11.6 Å². The third kappa shape index (κ3) is 3.87. The van der Waals surface area contributed by atoms with Crippen LogP contribution in [0.25, 0.3) is 0 Å². The van der Waals surface area contributed by atoms with E-state index in [0.717, 1.165) is 26.9 Å². The Morgan fingerprint density at radius 2 is 1.96 bits per heavy atom. The van der Waals surface area contributed by atoms with E-state index in [9.17, 15) is 18.0 Å². The molecule has 0 fully saturated rings. The van der Waals surface area contributed by atoms with Gasteiger partial charge in [-0.3, -0.25) is 9.48 Å². The highest BCUT2D eigenvalue weighted by Crippen LogP contribution is 2.37. The second kappa shape index (κ2) is 7.06. The molecule has 2 rings (SSSR count). The summed E-state index contributed by atoms with van der Waals surface area (Å²) in [6, 6.07) is 7.04. The lowest BCUT2D eigenvalue weighted by atomic mass is 10.2. The van der Waals surface area contributed by atoms with E-state index in [1.807, 2.05) is 0 Å². The lowest BCUT2D eigenvalue weighted by Crippen LogP contribution is -2.25. The van der Waals surface area contributed by atoms with Crippen LogP contribution in [0.2, 0.25) is 5.02 Å². The van der Waals surface area contributed by atoms with Crippen LogP contribution in [-0.2, 0) is 19.0 Å². The Morgan fingerprint density at radius 3 is 2.50 bits per heavy atom. The fourth-order valence-electron chi connectivity index (χ4n) is 2.05. The van der Waals surface area contributed by atoms with Crippen LogP contribution in [0.3, 0.4) is 0 Å². The van der Waals surface area contributed by atoms with Crippen LogP contribution < -0.4 is 0 Å². The summed E-state index contributed by atoms with van der Waals surface area (Å²) >= 11 is 7.16. The normalized spacial score (nSPS) is 11.6. The first kappa shape index (κ1) is 18.7. The van der Waals surface area contributed by atoms with Gasteiger partial charge >= 0.3 is 6.18 Å². The second-order valence-electron chi connectivity index (χ2n) is 5.23. The smallest absolute Gasteiger partial charge is 0.345 e. The minimum Gasteiger partial charge on any atom is -0.345 e. The first-order valence-corrected chi connectivity index (χ1v) is 8.21. The summed E-state index contributed by atoms with van der Waals surface area (Å²) in [7, 11) is 4.19. The minimum absolute atomic E-state index is 0.154. The van der Waals surface area contributed by atoms with Crippen molar-refractivity contribution in [2.75, 3.05) is 14.1 Å². The maximum Gasteiger partial charge on any atom is 0.436 e. The molecule has 0 aliphatic rings. The lowest BCUT2D eigenvalue weighted by molar-refractivity contribution is -0.141. The van der Waals surface area contributed by atoms with E-state index < -0.39 is 23.3 Å². The van der Waals surface area contributed by atoms with Crippen molar-refractivity contribution in [3.63, 3.8) is 0 Å². The lowest BCUT2D eigenvalue weighted by Gasteiger charge is -2.13. The molecule has 0 atom stereocenters. The van der Waals surface area contributed by atoms with Crippen LogP contribution in [0.15, 0.2) is 29.3 Å². The fourth-order valence-corrected chi connectivity index (χ4v) is 3.43. The molecule has 1 amide bonds. The Labute approximate surface area is 146 Å². The van der Waals surface area contributed by atoms with Gasteiger partial charge in [0.05, 0.1) is 0 Å². The van der Waals surface area contributed by atoms with Gasteiger partial charge in [0.2, 0.25) is 0 Å². The average Bonchev–Trinajstić information content (AvgIpc) is 2.82. The number of benzene rings is 1. The predicted octanol–water partition coefficient (Wildman–Crippen LogP) is 4.09. The molecule has 1 heterocycles. The number of rotatable bonds is 4. The van der Waals surface area contributed by atoms with Crippen LogP contribution in [-0.4, -0.2) is 34.7 Å². The van der Waals surface area contributed by atoms with Crippen LogP contribution in [0, 0.1) is 0 Å². The number of aromatic nitrogens is 2. The van der Waals surface area contributed by atoms with Gasteiger partial charge < -0.3 is 4.90 Å². The fraction of sp³-hybridized carbons (Fsp3) is 0.333. The molecule has 0 saturated heterocycles. The number of amides is 1. The Kier molecular flexibility index (Phi) is 5.49. The summed E-state index contributed by atoms with van der Waals surface area (Å²) in [6.45, 7) is 0. The highest BCUT2D eigenvalue weighted by atomic mass is 35.5. The van der Waals surface area contributed by atoms with E-state index in [2.05, 4.69) is 5.10 Å². The van der Waals surface area contributed by atoms with Gasteiger partial charge in [-0.15, -0.1) is 11.8 Å². The van der Waals surface area contributed by atoms with Crippen LogP contribution >= 0.6 is 23.4 Å². The van der Waals surface area contributed by atoms with Crippen molar-refractivity contribution in [2.45, 2.75) is 17.0 Å². The van der Waals surface area contributed by atoms with E-state index in [1.54, 1.807) is 24.3 Å². The number of nitrogens with zero attached hydrogens (tertiary/aromatic N) is 3. The quantitative estimate of drug-likeness (QED) is 0.753. The molecule has 2 aromatic rings. The molecule has 4 nitrogen and oxygen atoms in total. The van der Waals surface area contributed by atoms with Gasteiger partial charge in [0.15, 0.2) is 5.69 Å². The Morgan fingerprint density at radius 1 is 1.33 bits per heavy atom. The number of hydrogen-bond acceptors (Lipinski definition) is 3.